The van der Waals surface area contributed by atoms with Crippen LogP contribution in [0.25, 0.3) is 0 Å². The number of hydrogen-bond acceptors (Lipinski definition) is 5. The lowest BCUT2D eigenvalue weighted by Gasteiger charge is -2.26. The smallest absolute Gasteiger partial charge is 0.109 e. The zero-order chi connectivity index (χ0) is 28.7. The predicted molar refractivity (Wildman–Crippen MR) is 180 cm³/mol. The molecule has 0 atom stereocenters. The molecule has 0 fully saturated rings. The summed E-state index contributed by atoms with van der Waals surface area (Å²) in [6, 6.07) is 14.4. The van der Waals surface area contributed by atoms with E-state index in [9.17, 15) is 0 Å². The summed E-state index contributed by atoms with van der Waals surface area (Å²) in [6.07, 6.45) is 0. The molecule has 1 heterocycles. The minimum absolute atomic E-state index is 0.133. The Labute approximate surface area is 254 Å². The van der Waals surface area contributed by atoms with Crippen molar-refractivity contribution in [2.75, 3.05) is 0 Å². The third-order valence-corrected chi connectivity index (χ3v) is 12.4. The van der Waals surface area contributed by atoms with Crippen molar-refractivity contribution >= 4 is 58.4 Å². The quantitative estimate of drug-likeness (QED) is 0.203. The zero-order valence-corrected chi connectivity index (χ0v) is 29.5. The van der Waals surface area contributed by atoms with E-state index in [0.29, 0.717) is 0 Å². The molecule has 0 bridgehead atoms. The summed E-state index contributed by atoms with van der Waals surface area (Å²) >= 11 is 13.1. The second kappa shape index (κ2) is 11.7. The number of thioether (sulfide) groups is 2. The number of hydrogen-bond donors (Lipinski definition) is 0. The fourth-order valence-electron chi connectivity index (χ4n) is 4.01. The highest BCUT2D eigenvalue weighted by atomic mass is 32.2. The molecule has 5 heteroatoms. The largest absolute Gasteiger partial charge is 0.145 e. The molecule has 0 unspecified atom stereocenters. The Hall–Kier alpha value is -0.590. The first kappa shape index (κ1) is 31.9. The molecule has 0 saturated heterocycles. The van der Waals surface area contributed by atoms with E-state index in [2.05, 4.69) is 119 Å². The summed E-state index contributed by atoms with van der Waals surface area (Å²) in [5.41, 5.74) is 9.01. The first-order chi connectivity index (χ1) is 17.2. The molecule has 0 saturated carbocycles. The molecule has 0 aliphatic carbocycles. The van der Waals surface area contributed by atoms with Crippen molar-refractivity contribution in [2.45, 2.75) is 125 Å². The normalized spacial score (nSPS) is 13.3. The SMILES string of the molecule is CC(C)(C)c1cc(CSc2sc(=S)sc2SCc2cc(C(C)(C)C)cc(C(C)(C)C)c2)cc(C(C)(C)C)c1. The van der Waals surface area contributed by atoms with Gasteiger partial charge in [0.05, 0.1) is 8.42 Å². The van der Waals surface area contributed by atoms with Crippen LogP contribution >= 0.6 is 58.4 Å². The van der Waals surface area contributed by atoms with Crippen molar-refractivity contribution in [1.29, 1.82) is 0 Å². The van der Waals surface area contributed by atoms with Crippen molar-refractivity contribution in [3.8, 4) is 0 Å². The van der Waals surface area contributed by atoms with E-state index in [0.717, 1.165) is 14.6 Å². The van der Waals surface area contributed by atoms with Gasteiger partial charge in [0.1, 0.15) is 3.14 Å². The highest BCUT2D eigenvalue weighted by Gasteiger charge is 2.22. The van der Waals surface area contributed by atoms with Crippen LogP contribution in [0.2, 0.25) is 0 Å². The lowest BCUT2D eigenvalue weighted by Crippen LogP contribution is -2.17. The van der Waals surface area contributed by atoms with Crippen LogP contribution in [-0.2, 0) is 33.2 Å². The minimum atomic E-state index is 0.133. The van der Waals surface area contributed by atoms with Gasteiger partial charge >= 0.3 is 0 Å². The van der Waals surface area contributed by atoms with Crippen LogP contribution in [0.1, 0.15) is 116 Å². The van der Waals surface area contributed by atoms with E-state index in [1.807, 2.05) is 23.5 Å². The Morgan fingerprint density at radius 3 is 1.00 bits per heavy atom. The third kappa shape index (κ3) is 8.70. The van der Waals surface area contributed by atoms with E-state index in [4.69, 9.17) is 12.2 Å². The van der Waals surface area contributed by atoms with Crippen LogP contribution in [0.5, 0.6) is 0 Å². The molecule has 2 aromatic carbocycles. The van der Waals surface area contributed by atoms with Gasteiger partial charge in [-0.15, -0.1) is 46.2 Å². The summed E-state index contributed by atoms with van der Waals surface area (Å²) in [5, 5.41) is 0. The van der Waals surface area contributed by atoms with Crippen molar-refractivity contribution < 1.29 is 0 Å². The Kier molecular flexibility index (Phi) is 9.85. The molecule has 1 aromatic heterocycles. The van der Waals surface area contributed by atoms with Gasteiger partial charge in [0, 0.05) is 11.5 Å². The Bertz CT molecular complexity index is 1150. The molecule has 0 N–H and O–H groups in total. The highest BCUT2D eigenvalue weighted by Crippen LogP contribution is 2.44. The minimum Gasteiger partial charge on any atom is -0.109 e. The van der Waals surface area contributed by atoms with E-state index < -0.39 is 0 Å². The van der Waals surface area contributed by atoms with E-state index in [-0.39, 0.29) is 21.7 Å². The summed E-state index contributed by atoms with van der Waals surface area (Å²) in [5.74, 6) is 1.94. The maximum Gasteiger partial charge on any atom is 0.145 e. The molecule has 3 rings (SSSR count). The van der Waals surface area contributed by atoms with Gasteiger partial charge in [-0.25, -0.2) is 0 Å². The van der Waals surface area contributed by atoms with Crippen LogP contribution in [0.15, 0.2) is 44.8 Å². The van der Waals surface area contributed by atoms with Crippen LogP contribution < -0.4 is 0 Å². The summed E-state index contributed by atoms with van der Waals surface area (Å²) < 4.78 is 3.76. The van der Waals surface area contributed by atoms with Gasteiger partial charge in [0.2, 0.25) is 0 Å². The van der Waals surface area contributed by atoms with Crippen molar-refractivity contribution in [3.63, 3.8) is 0 Å². The standard InChI is InChI=1S/C33H46S5/c1-30(2,3)23-13-21(14-24(17-23)31(4,5)6)19-35-27-28(38-29(34)37-27)36-20-22-15-25(32(7,8)9)18-26(16-22)33(10,11)12/h13-18H,19-20H2,1-12H3. The average molecular weight is 603 g/mol. The zero-order valence-electron chi connectivity index (χ0n) is 25.4. The van der Waals surface area contributed by atoms with Gasteiger partial charge in [-0.05, 0) is 55.0 Å². The molecule has 0 aliphatic rings. The molecular formula is C33H46S5. The molecule has 0 spiro atoms. The fraction of sp³-hybridized carbons (Fsp3) is 0.545. The molecule has 0 amide bonds. The summed E-state index contributed by atoms with van der Waals surface area (Å²) in [7, 11) is 0. The van der Waals surface area contributed by atoms with Gasteiger partial charge in [0.15, 0.2) is 0 Å². The lowest BCUT2D eigenvalue weighted by atomic mass is 9.80. The Morgan fingerprint density at radius 2 is 0.763 bits per heavy atom. The van der Waals surface area contributed by atoms with E-state index in [1.165, 1.54) is 41.8 Å². The van der Waals surface area contributed by atoms with Crippen molar-refractivity contribution in [3.05, 3.63) is 72.9 Å². The van der Waals surface area contributed by atoms with E-state index in [1.54, 1.807) is 22.7 Å². The molecule has 0 aliphatic heterocycles. The summed E-state index contributed by atoms with van der Waals surface area (Å²) in [4.78, 5) is 0. The Balaban J connectivity index is 1.85. The predicted octanol–water partition coefficient (Wildman–Crippen LogP) is 12.3. The second-order valence-corrected chi connectivity index (χ2v) is 20.2. The van der Waals surface area contributed by atoms with Gasteiger partial charge in [-0.1, -0.05) is 132 Å². The molecule has 38 heavy (non-hydrogen) atoms. The fourth-order valence-corrected chi connectivity index (χ4v) is 9.98. The third-order valence-electron chi connectivity index (χ3n) is 6.71. The van der Waals surface area contributed by atoms with Gasteiger partial charge in [0.25, 0.3) is 0 Å². The highest BCUT2D eigenvalue weighted by molar-refractivity contribution is 8.04. The van der Waals surface area contributed by atoms with Crippen LogP contribution in [0.4, 0.5) is 0 Å². The van der Waals surface area contributed by atoms with Gasteiger partial charge in [-0.2, -0.15) is 0 Å². The van der Waals surface area contributed by atoms with Crippen LogP contribution in [-0.4, -0.2) is 0 Å². The number of benzene rings is 2. The molecule has 0 nitrogen and oxygen atoms in total. The maximum atomic E-state index is 5.67. The maximum absolute atomic E-state index is 5.67. The van der Waals surface area contributed by atoms with Crippen molar-refractivity contribution in [2.24, 2.45) is 0 Å². The first-order valence-corrected chi connectivity index (χ1v) is 17.4. The monoisotopic (exact) mass is 602 g/mol. The van der Waals surface area contributed by atoms with Crippen LogP contribution in [0, 0.1) is 3.14 Å². The van der Waals surface area contributed by atoms with Crippen LogP contribution in [0.3, 0.4) is 0 Å². The van der Waals surface area contributed by atoms with Gasteiger partial charge in [-0.3, -0.25) is 0 Å². The summed E-state index contributed by atoms with van der Waals surface area (Å²) in [6.45, 7) is 27.7. The lowest BCUT2D eigenvalue weighted by molar-refractivity contribution is 0.567. The van der Waals surface area contributed by atoms with E-state index >= 15 is 0 Å². The van der Waals surface area contributed by atoms with Crippen molar-refractivity contribution in [1.82, 2.24) is 0 Å². The number of rotatable bonds is 6. The topological polar surface area (TPSA) is 0 Å². The molecular weight excluding hydrogens is 557 g/mol. The molecule has 208 valence electrons. The average Bonchev–Trinajstić information content (AvgIpc) is 3.13. The Morgan fingerprint density at radius 1 is 0.500 bits per heavy atom. The first-order valence-electron chi connectivity index (χ1n) is 13.4. The molecule has 0 radical (unpaired) electrons. The molecule has 3 aromatic rings. The second-order valence-electron chi connectivity index (χ2n) is 14.4. The van der Waals surface area contributed by atoms with Gasteiger partial charge < -0.3 is 0 Å².